The summed E-state index contributed by atoms with van der Waals surface area (Å²) in [4.78, 5) is 9.00. The minimum atomic E-state index is 0.550. The Labute approximate surface area is 138 Å². The van der Waals surface area contributed by atoms with E-state index in [1.807, 2.05) is 26.1 Å². The molecule has 118 valence electrons. The highest BCUT2D eigenvalue weighted by molar-refractivity contribution is 9.10. The summed E-state index contributed by atoms with van der Waals surface area (Å²) in [6, 6.07) is 4.01. The Hall–Kier alpha value is -1.40. The van der Waals surface area contributed by atoms with Gasteiger partial charge in [-0.3, -0.25) is 0 Å². The number of ether oxygens (including phenoxy) is 2. The molecule has 5 nitrogen and oxygen atoms in total. The third-order valence-corrected chi connectivity index (χ3v) is 4.42. The molecule has 3 rings (SSSR count). The Kier molecular flexibility index (Phi) is 4.78. The average Bonchev–Trinajstić information content (AvgIpc) is 2.54. The van der Waals surface area contributed by atoms with Crippen LogP contribution in [0.4, 0.5) is 5.95 Å². The van der Waals surface area contributed by atoms with Gasteiger partial charge in [-0.15, -0.1) is 0 Å². The van der Waals surface area contributed by atoms with E-state index in [1.165, 1.54) is 0 Å². The molecule has 0 aliphatic carbocycles. The highest BCUT2D eigenvalue weighted by atomic mass is 79.9. The molecule has 2 aromatic rings. The van der Waals surface area contributed by atoms with Crippen LogP contribution in [0.1, 0.15) is 18.5 Å². The number of benzene rings is 1. The molecule has 1 aromatic heterocycles. The molecule has 6 heteroatoms. The van der Waals surface area contributed by atoms with Crippen molar-refractivity contribution in [2.45, 2.75) is 19.8 Å². The smallest absolute Gasteiger partial charge is 0.223 e. The molecule has 0 radical (unpaired) electrons. The van der Waals surface area contributed by atoms with Gasteiger partial charge in [0.15, 0.2) is 0 Å². The number of nitrogens with zero attached hydrogens (tertiary/aromatic N) is 2. The van der Waals surface area contributed by atoms with Crippen molar-refractivity contribution >= 4 is 32.8 Å². The van der Waals surface area contributed by atoms with Gasteiger partial charge in [-0.25, -0.2) is 9.97 Å². The van der Waals surface area contributed by atoms with E-state index in [-0.39, 0.29) is 0 Å². The molecule has 1 saturated heterocycles. The standard InChI is InChI=1S/C16H20BrN3O2/c1-10-13-7-12(17)8-14(15(13)20-16(18-2)19-10)22-9-11-3-5-21-6-4-11/h7-8,11H,3-6,9H2,1-2H3,(H,18,19,20). The van der Waals surface area contributed by atoms with Gasteiger partial charge in [-0.05, 0) is 37.8 Å². The highest BCUT2D eigenvalue weighted by Gasteiger charge is 2.16. The summed E-state index contributed by atoms with van der Waals surface area (Å²) in [6.45, 7) is 4.35. The third kappa shape index (κ3) is 3.33. The summed E-state index contributed by atoms with van der Waals surface area (Å²) in [5.41, 5.74) is 1.79. The molecule has 0 amide bonds. The van der Waals surface area contributed by atoms with Crippen LogP contribution in [-0.2, 0) is 4.74 Å². The molecule has 1 fully saturated rings. The number of anilines is 1. The number of fused-ring (bicyclic) bond motifs is 1. The lowest BCUT2D eigenvalue weighted by Crippen LogP contribution is -2.21. The average molecular weight is 366 g/mol. The Bertz CT molecular complexity index is 672. The van der Waals surface area contributed by atoms with E-state index < -0.39 is 0 Å². The monoisotopic (exact) mass is 365 g/mol. The van der Waals surface area contributed by atoms with Crippen LogP contribution in [0.3, 0.4) is 0 Å². The van der Waals surface area contributed by atoms with E-state index in [4.69, 9.17) is 9.47 Å². The van der Waals surface area contributed by atoms with Gasteiger partial charge < -0.3 is 14.8 Å². The molecule has 0 unspecified atom stereocenters. The number of aromatic nitrogens is 2. The summed E-state index contributed by atoms with van der Waals surface area (Å²) >= 11 is 3.55. The fourth-order valence-electron chi connectivity index (χ4n) is 2.66. The number of aryl methyl sites for hydroxylation is 1. The largest absolute Gasteiger partial charge is 0.491 e. The fourth-order valence-corrected chi connectivity index (χ4v) is 3.09. The topological polar surface area (TPSA) is 56.3 Å². The zero-order valence-corrected chi connectivity index (χ0v) is 14.4. The Morgan fingerprint density at radius 2 is 2.09 bits per heavy atom. The second-order valence-electron chi connectivity index (χ2n) is 5.55. The van der Waals surface area contributed by atoms with Crippen LogP contribution >= 0.6 is 15.9 Å². The zero-order chi connectivity index (χ0) is 15.5. The first-order valence-corrected chi connectivity index (χ1v) is 8.33. The first-order valence-electron chi connectivity index (χ1n) is 7.53. The quantitative estimate of drug-likeness (QED) is 0.897. The minimum absolute atomic E-state index is 0.550. The zero-order valence-electron chi connectivity index (χ0n) is 12.9. The minimum Gasteiger partial charge on any atom is -0.491 e. The lowest BCUT2D eigenvalue weighted by Gasteiger charge is -2.22. The maximum absolute atomic E-state index is 6.09. The van der Waals surface area contributed by atoms with Crippen molar-refractivity contribution in [2.75, 3.05) is 32.2 Å². The van der Waals surface area contributed by atoms with Crippen molar-refractivity contribution in [1.29, 1.82) is 0 Å². The molecule has 1 aromatic carbocycles. The van der Waals surface area contributed by atoms with Crippen molar-refractivity contribution in [3.8, 4) is 5.75 Å². The molecule has 0 spiro atoms. The molecule has 0 atom stereocenters. The van der Waals surface area contributed by atoms with Crippen molar-refractivity contribution in [2.24, 2.45) is 5.92 Å². The van der Waals surface area contributed by atoms with Gasteiger partial charge in [0.05, 0.1) is 12.3 Å². The molecule has 0 saturated carbocycles. The number of hydrogen-bond acceptors (Lipinski definition) is 5. The van der Waals surface area contributed by atoms with E-state index in [0.29, 0.717) is 18.5 Å². The first-order chi connectivity index (χ1) is 10.7. The number of rotatable bonds is 4. The fraction of sp³-hybridized carbons (Fsp3) is 0.500. The second-order valence-corrected chi connectivity index (χ2v) is 6.47. The summed E-state index contributed by atoms with van der Waals surface area (Å²) in [5.74, 6) is 1.97. The summed E-state index contributed by atoms with van der Waals surface area (Å²) in [7, 11) is 1.82. The Morgan fingerprint density at radius 1 is 1.32 bits per heavy atom. The van der Waals surface area contributed by atoms with Crippen LogP contribution in [-0.4, -0.2) is 36.8 Å². The van der Waals surface area contributed by atoms with Gasteiger partial charge in [0, 0.05) is 30.1 Å². The van der Waals surface area contributed by atoms with Crippen molar-refractivity contribution < 1.29 is 9.47 Å². The summed E-state index contributed by atoms with van der Waals surface area (Å²) in [6.07, 6.45) is 2.11. The highest BCUT2D eigenvalue weighted by Crippen LogP contribution is 2.31. The van der Waals surface area contributed by atoms with E-state index in [0.717, 1.165) is 52.9 Å². The van der Waals surface area contributed by atoms with E-state index in [2.05, 4.69) is 31.2 Å². The lowest BCUT2D eigenvalue weighted by molar-refractivity contribution is 0.0499. The Balaban J connectivity index is 1.91. The molecular formula is C16H20BrN3O2. The second kappa shape index (κ2) is 6.79. The van der Waals surface area contributed by atoms with Gasteiger partial charge in [-0.1, -0.05) is 15.9 Å². The maximum atomic E-state index is 6.09. The summed E-state index contributed by atoms with van der Waals surface area (Å²) in [5, 5.41) is 4.01. The lowest BCUT2D eigenvalue weighted by atomic mass is 10.0. The molecular weight excluding hydrogens is 346 g/mol. The summed E-state index contributed by atoms with van der Waals surface area (Å²) < 4.78 is 12.5. The molecule has 22 heavy (non-hydrogen) atoms. The number of nitrogens with one attached hydrogen (secondary N) is 1. The Morgan fingerprint density at radius 3 is 2.82 bits per heavy atom. The van der Waals surface area contributed by atoms with Gasteiger partial charge >= 0.3 is 0 Å². The molecule has 2 heterocycles. The van der Waals surface area contributed by atoms with E-state index in [1.54, 1.807) is 0 Å². The molecule has 0 bridgehead atoms. The molecule has 1 aliphatic rings. The van der Waals surface area contributed by atoms with Gasteiger partial charge in [0.2, 0.25) is 5.95 Å². The van der Waals surface area contributed by atoms with Crippen LogP contribution in [0.15, 0.2) is 16.6 Å². The number of hydrogen-bond donors (Lipinski definition) is 1. The maximum Gasteiger partial charge on any atom is 0.223 e. The first kappa shape index (κ1) is 15.5. The van der Waals surface area contributed by atoms with Crippen molar-refractivity contribution in [1.82, 2.24) is 9.97 Å². The number of halogens is 1. The predicted octanol–water partition coefficient (Wildman–Crippen LogP) is 3.55. The predicted molar refractivity (Wildman–Crippen MR) is 90.6 cm³/mol. The van der Waals surface area contributed by atoms with Crippen LogP contribution in [0.25, 0.3) is 10.9 Å². The van der Waals surface area contributed by atoms with Crippen LogP contribution < -0.4 is 10.1 Å². The molecule has 1 aliphatic heterocycles. The third-order valence-electron chi connectivity index (χ3n) is 3.96. The van der Waals surface area contributed by atoms with Gasteiger partial charge in [-0.2, -0.15) is 0 Å². The van der Waals surface area contributed by atoms with Crippen LogP contribution in [0.2, 0.25) is 0 Å². The van der Waals surface area contributed by atoms with Crippen LogP contribution in [0, 0.1) is 12.8 Å². The van der Waals surface area contributed by atoms with Crippen molar-refractivity contribution in [3.63, 3.8) is 0 Å². The molecule has 1 N–H and O–H groups in total. The SMILES string of the molecule is CNc1nc(C)c2cc(Br)cc(OCC3CCOCC3)c2n1. The van der Waals surface area contributed by atoms with Gasteiger partial charge in [0.1, 0.15) is 11.3 Å². The van der Waals surface area contributed by atoms with E-state index >= 15 is 0 Å². The van der Waals surface area contributed by atoms with Crippen molar-refractivity contribution in [3.05, 3.63) is 22.3 Å². The van der Waals surface area contributed by atoms with E-state index in [9.17, 15) is 0 Å². The normalized spacial score (nSPS) is 16.0. The van der Waals surface area contributed by atoms with Crippen LogP contribution in [0.5, 0.6) is 5.75 Å². The van der Waals surface area contributed by atoms with Gasteiger partial charge in [0.25, 0.3) is 0 Å².